The fraction of sp³-hybridized carbons (Fsp3) is 0.357. The molecule has 0 bridgehead atoms. The molecule has 1 N–H and O–H groups in total. The van der Waals surface area contributed by atoms with E-state index in [4.69, 9.17) is 4.74 Å². The lowest BCUT2D eigenvalue weighted by molar-refractivity contribution is 0.477. The fourth-order valence-electron chi connectivity index (χ4n) is 1.84. The third-order valence-corrected chi connectivity index (χ3v) is 2.78. The molecule has 0 saturated carbocycles. The molecule has 96 valence electrons. The summed E-state index contributed by atoms with van der Waals surface area (Å²) >= 11 is 0. The minimum atomic E-state index is 0.779. The van der Waals surface area contributed by atoms with Gasteiger partial charge in [0.25, 0.3) is 0 Å². The van der Waals surface area contributed by atoms with Crippen molar-refractivity contribution in [3.63, 3.8) is 0 Å². The molecule has 0 aliphatic carbocycles. The van der Waals surface area contributed by atoms with E-state index >= 15 is 0 Å². The number of benzene rings is 1. The Morgan fingerprint density at radius 1 is 1.39 bits per heavy atom. The van der Waals surface area contributed by atoms with Gasteiger partial charge in [-0.3, -0.25) is 4.68 Å². The van der Waals surface area contributed by atoms with Crippen molar-refractivity contribution >= 4 is 0 Å². The topological polar surface area (TPSA) is 39.1 Å². The second-order valence-corrected chi connectivity index (χ2v) is 4.26. The van der Waals surface area contributed by atoms with Gasteiger partial charge in [0.15, 0.2) is 5.75 Å². The van der Waals surface area contributed by atoms with Crippen LogP contribution in [-0.2, 0) is 13.1 Å². The summed E-state index contributed by atoms with van der Waals surface area (Å²) in [7, 11) is 1.94. The standard InChI is InChI=1S/C14H19N3O/c1-4-17-10-13(9-16-17)18-14-6-5-12(8-15-3)7-11(14)2/h5-7,9-10,15H,4,8H2,1-3H3. The molecule has 0 atom stereocenters. The van der Waals surface area contributed by atoms with Gasteiger partial charge in [0.2, 0.25) is 0 Å². The molecular formula is C14H19N3O. The van der Waals surface area contributed by atoms with Crippen molar-refractivity contribution in [2.75, 3.05) is 7.05 Å². The SMILES string of the molecule is CCn1cc(Oc2ccc(CNC)cc2C)cn1. The maximum absolute atomic E-state index is 5.82. The average molecular weight is 245 g/mol. The van der Waals surface area contributed by atoms with Crippen LogP contribution in [0.3, 0.4) is 0 Å². The number of hydrogen-bond acceptors (Lipinski definition) is 3. The van der Waals surface area contributed by atoms with Crippen LogP contribution in [0, 0.1) is 6.92 Å². The van der Waals surface area contributed by atoms with Gasteiger partial charge in [0, 0.05) is 13.1 Å². The molecule has 0 fully saturated rings. The van der Waals surface area contributed by atoms with E-state index in [1.807, 2.05) is 24.0 Å². The van der Waals surface area contributed by atoms with Crippen molar-refractivity contribution in [2.24, 2.45) is 0 Å². The lowest BCUT2D eigenvalue weighted by Gasteiger charge is -2.08. The summed E-state index contributed by atoms with van der Waals surface area (Å²) in [5, 5.41) is 7.33. The van der Waals surface area contributed by atoms with E-state index in [2.05, 4.69) is 36.4 Å². The number of nitrogens with zero attached hydrogens (tertiary/aromatic N) is 2. The molecule has 0 amide bonds. The molecule has 1 aromatic carbocycles. The maximum atomic E-state index is 5.82. The van der Waals surface area contributed by atoms with Gasteiger partial charge >= 0.3 is 0 Å². The molecule has 2 rings (SSSR count). The van der Waals surface area contributed by atoms with Gasteiger partial charge in [-0.15, -0.1) is 0 Å². The van der Waals surface area contributed by atoms with Crippen LogP contribution in [0.2, 0.25) is 0 Å². The number of ether oxygens (including phenoxy) is 1. The second kappa shape index (κ2) is 5.69. The first kappa shape index (κ1) is 12.6. The lowest BCUT2D eigenvalue weighted by atomic mass is 10.1. The van der Waals surface area contributed by atoms with Crippen LogP contribution in [0.25, 0.3) is 0 Å². The molecule has 0 radical (unpaired) electrons. The summed E-state index contributed by atoms with van der Waals surface area (Å²) in [6, 6.07) is 6.21. The molecule has 0 saturated heterocycles. The predicted octanol–water partition coefficient (Wildman–Crippen LogP) is 2.72. The number of hydrogen-bond donors (Lipinski definition) is 1. The van der Waals surface area contributed by atoms with Gasteiger partial charge in [-0.1, -0.05) is 12.1 Å². The van der Waals surface area contributed by atoms with Crippen LogP contribution < -0.4 is 10.1 Å². The van der Waals surface area contributed by atoms with Gasteiger partial charge in [-0.2, -0.15) is 5.10 Å². The molecule has 0 aliphatic heterocycles. The minimum absolute atomic E-state index is 0.779. The van der Waals surface area contributed by atoms with Crippen LogP contribution in [0.4, 0.5) is 0 Å². The summed E-state index contributed by atoms with van der Waals surface area (Å²) < 4.78 is 7.67. The molecule has 0 aliphatic rings. The zero-order chi connectivity index (χ0) is 13.0. The second-order valence-electron chi connectivity index (χ2n) is 4.26. The minimum Gasteiger partial charge on any atom is -0.454 e. The van der Waals surface area contributed by atoms with Crippen molar-refractivity contribution in [2.45, 2.75) is 26.9 Å². The van der Waals surface area contributed by atoms with Crippen molar-refractivity contribution < 1.29 is 4.74 Å². The van der Waals surface area contributed by atoms with E-state index in [1.165, 1.54) is 5.56 Å². The fourth-order valence-corrected chi connectivity index (χ4v) is 1.84. The van der Waals surface area contributed by atoms with Crippen molar-refractivity contribution in [3.05, 3.63) is 41.7 Å². The molecule has 1 heterocycles. The van der Waals surface area contributed by atoms with E-state index < -0.39 is 0 Å². The van der Waals surface area contributed by atoms with E-state index in [-0.39, 0.29) is 0 Å². The molecular weight excluding hydrogens is 226 g/mol. The van der Waals surface area contributed by atoms with Crippen LogP contribution in [-0.4, -0.2) is 16.8 Å². The number of rotatable bonds is 5. The zero-order valence-corrected chi connectivity index (χ0v) is 11.1. The summed E-state index contributed by atoms with van der Waals surface area (Å²) in [4.78, 5) is 0. The Balaban J connectivity index is 2.13. The van der Waals surface area contributed by atoms with Crippen molar-refractivity contribution in [1.82, 2.24) is 15.1 Å². The van der Waals surface area contributed by atoms with Gasteiger partial charge in [0.05, 0.1) is 12.4 Å². The van der Waals surface area contributed by atoms with Gasteiger partial charge < -0.3 is 10.1 Å². The van der Waals surface area contributed by atoms with E-state index in [0.29, 0.717) is 0 Å². The third kappa shape index (κ3) is 2.90. The third-order valence-electron chi connectivity index (χ3n) is 2.78. The summed E-state index contributed by atoms with van der Waals surface area (Å²) in [5.74, 6) is 1.66. The first-order valence-electron chi connectivity index (χ1n) is 6.17. The van der Waals surface area contributed by atoms with Gasteiger partial charge in [0.1, 0.15) is 5.75 Å². The molecule has 4 heteroatoms. The van der Waals surface area contributed by atoms with Crippen LogP contribution in [0.5, 0.6) is 11.5 Å². The highest BCUT2D eigenvalue weighted by atomic mass is 16.5. The lowest BCUT2D eigenvalue weighted by Crippen LogP contribution is -2.05. The van der Waals surface area contributed by atoms with E-state index in [9.17, 15) is 0 Å². The highest BCUT2D eigenvalue weighted by molar-refractivity contribution is 5.38. The summed E-state index contributed by atoms with van der Waals surface area (Å²) in [5.41, 5.74) is 2.39. The average Bonchev–Trinajstić information content (AvgIpc) is 2.81. The summed E-state index contributed by atoms with van der Waals surface area (Å²) in [6.07, 6.45) is 3.64. The smallest absolute Gasteiger partial charge is 0.165 e. The number of aromatic nitrogens is 2. The van der Waals surface area contributed by atoms with Crippen molar-refractivity contribution in [3.8, 4) is 11.5 Å². The Morgan fingerprint density at radius 3 is 2.83 bits per heavy atom. The Bertz CT molecular complexity index is 520. The van der Waals surface area contributed by atoms with E-state index in [1.54, 1.807) is 6.20 Å². The Morgan fingerprint density at radius 2 is 2.22 bits per heavy atom. The predicted molar refractivity (Wildman–Crippen MR) is 71.9 cm³/mol. The number of nitrogens with one attached hydrogen (secondary N) is 1. The maximum Gasteiger partial charge on any atom is 0.165 e. The van der Waals surface area contributed by atoms with Crippen LogP contribution in [0.15, 0.2) is 30.6 Å². The molecule has 1 aromatic heterocycles. The Labute approximate surface area is 108 Å². The quantitative estimate of drug-likeness (QED) is 0.880. The molecule has 18 heavy (non-hydrogen) atoms. The van der Waals surface area contributed by atoms with Gasteiger partial charge in [-0.25, -0.2) is 0 Å². The molecule has 2 aromatic rings. The summed E-state index contributed by atoms with van der Waals surface area (Å²) in [6.45, 7) is 5.83. The number of aryl methyl sites for hydroxylation is 2. The van der Waals surface area contributed by atoms with Crippen LogP contribution in [0.1, 0.15) is 18.1 Å². The molecule has 4 nitrogen and oxygen atoms in total. The van der Waals surface area contributed by atoms with Gasteiger partial charge in [-0.05, 0) is 38.1 Å². The molecule has 0 unspecified atom stereocenters. The van der Waals surface area contributed by atoms with E-state index in [0.717, 1.165) is 30.2 Å². The highest BCUT2D eigenvalue weighted by Crippen LogP contribution is 2.25. The zero-order valence-electron chi connectivity index (χ0n) is 11.1. The normalized spacial score (nSPS) is 10.6. The van der Waals surface area contributed by atoms with Crippen LogP contribution >= 0.6 is 0 Å². The highest BCUT2D eigenvalue weighted by Gasteiger charge is 2.04. The monoisotopic (exact) mass is 245 g/mol. The largest absolute Gasteiger partial charge is 0.454 e. The first-order chi connectivity index (χ1) is 8.72. The Hall–Kier alpha value is -1.81. The Kier molecular flexibility index (Phi) is 3.99. The molecule has 0 spiro atoms. The van der Waals surface area contributed by atoms with Crippen molar-refractivity contribution in [1.29, 1.82) is 0 Å². The first-order valence-corrected chi connectivity index (χ1v) is 6.17.